The Morgan fingerprint density at radius 3 is 2.53 bits per heavy atom. The summed E-state index contributed by atoms with van der Waals surface area (Å²) >= 11 is 5.76. The summed E-state index contributed by atoms with van der Waals surface area (Å²) in [4.78, 5) is 0. The van der Waals surface area contributed by atoms with Gasteiger partial charge in [-0.25, -0.2) is 0 Å². The topological polar surface area (TPSA) is 33.4 Å². The van der Waals surface area contributed by atoms with Crippen molar-refractivity contribution in [2.24, 2.45) is 0 Å². The van der Waals surface area contributed by atoms with Gasteiger partial charge in [-0.3, -0.25) is 0 Å². The molecule has 2 nitrogen and oxygen atoms in total. The number of hydrogen-bond donors (Lipinski definition) is 1. The van der Waals surface area contributed by atoms with Crippen LogP contribution in [0.5, 0.6) is 0 Å². The minimum absolute atomic E-state index is 0.481. The molecule has 1 N–H and O–H groups in total. The fourth-order valence-electron chi connectivity index (χ4n) is 1.42. The van der Waals surface area contributed by atoms with E-state index in [4.69, 9.17) is 16.0 Å². The van der Waals surface area contributed by atoms with E-state index in [2.05, 4.69) is 0 Å². The lowest BCUT2D eigenvalue weighted by atomic mass is 10.1. The summed E-state index contributed by atoms with van der Waals surface area (Å²) in [5.41, 5.74) is 0.843. The molecule has 0 aliphatic heterocycles. The number of halogens is 1. The Morgan fingerprint density at radius 2 is 1.93 bits per heavy atom. The summed E-state index contributed by atoms with van der Waals surface area (Å²) in [6.45, 7) is 0. The molecule has 1 aromatic carbocycles. The molecular formula is C12H11ClO2. The second-order valence-corrected chi connectivity index (χ2v) is 3.79. The van der Waals surface area contributed by atoms with Gasteiger partial charge in [-0.1, -0.05) is 23.7 Å². The molecule has 3 heteroatoms. The van der Waals surface area contributed by atoms with Crippen molar-refractivity contribution < 1.29 is 9.52 Å². The monoisotopic (exact) mass is 222 g/mol. The van der Waals surface area contributed by atoms with Crippen molar-refractivity contribution in [2.75, 3.05) is 0 Å². The van der Waals surface area contributed by atoms with Crippen LogP contribution in [0.3, 0.4) is 0 Å². The van der Waals surface area contributed by atoms with E-state index in [1.54, 1.807) is 18.4 Å². The molecule has 1 unspecified atom stereocenters. The van der Waals surface area contributed by atoms with Gasteiger partial charge in [-0.2, -0.15) is 0 Å². The maximum Gasteiger partial charge on any atom is 0.106 e. The third kappa shape index (κ3) is 2.61. The Morgan fingerprint density at radius 1 is 1.20 bits per heavy atom. The molecule has 0 radical (unpaired) electrons. The van der Waals surface area contributed by atoms with E-state index in [1.807, 2.05) is 24.3 Å². The van der Waals surface area contributed by atoms with E-state index in [0.29, 0.717) is 11.4 Å². The highest BCUT2D eigenvalue weighted by atomic mass is 35.5. The highest BCUT2D eigenvalue weighted by Gasteiger charge is 2.09. The van der Waals surface area contributed by atoms with Gasteiger partial charge >= 0.3 is 0 Å². The number of hydrogen-bond acceptors (Lipinski definition) is 2. The molecule has 78 valence electrons. The second-order valence-electron chi connectivity index (χ2n) is 3.35. The van der Waals surface area contributed by atoms with Crippen LogP contribution in [0.2, 0.25) is 5.02 Å². The first-order chi connectivity index (χ1) is 7.25. The van der Waals surface area contributed by atoms with Crippen molar-refractivity contribution in [2.45, 2.75) is 12.5 Å². The second kappa shape index (κ2) is 4.51. The molecule has 0 amide bonds. The van der Waals surface area contributed by atoms with Crippen LogP contribution in [0.25, 0.3) is 0 Å². The van der Waals surface area contributed by atoms with Crippen molar-refractivity contribution in [3.8, 4) is 0 Å². The maximum atomic E-state index is 9.88. The lowest BCUT2D eigenvalue weighted by Crippen LogP contribution is -2.00. The van der Waals surface area contributed by atoms with Gasteiger partial charge in [0.25, 0.3) is 0 Å². The highest BCUT2D eigenvalue weighted by Crippen LogP contribution is 2.20. The van der Waals surface area contributed by atoms with Crippen molar-refractivity contribution in [1.82, 2.24) is 0 Å². The zero-order valence-electron chi connectivity index (χ0n) is 8.06. The van der Waals surface area contributed by atoms with E-state index in [1.165, 1.54) is 0 Å². The van der Waals surface area contributed by atoms with Crippen LogP contribution in [0.15, 0.2) is 47.1 Å². The van der Waals surface area contributed by atoms with Gasteiger partial charge in [0.15, 0.2) is 0 Å². The smallest absolute Gasteiger partial charge is 0.106 e. The lowest BCUT2D eigenvalue weighted by molar-refractivity contribution is 0.170. The molecular weight excluding hydrogens is 212 g/mol. The fraction of sp³-hybridized carbons (Fsp3) is 0.167. The predicted molar refractivity (Wildman–Crippen MR) is 58.8 cm³/mol. The Labute approximate surface area is 93.1 Å². The van der Waals surface area contributed by atoms with Gasteiger partial charge in [-0.05, 0) is 29.8 Å². The first-order valence-electron chi connectivity index (χ1n) is 4.71. The molecule has 0 fully saturated rings. The van der Waals surface area contributed by atoms with Crippen molar-refractivity contribution in [3.05, 3.63) is 59.0 Å². The number of rotatable bonds is 3. The molecule has 0 bridgehead atoms. The molecule has 1 heterocycles. The van der Waals surface area contributed by atoms with E-state index in [9.17, 15) is 5.11 Å². The predicted octanol–water partition coefficient (Wildman–Crippen LogP) is 3.21. The summed E-state index contributed by atoms with van der Waals surface area (Å²) in [5, 5.41) is 10.6. The molecule has 0 aliphatic carbocycles. The summed E-state index contributed by atoms with van der Waals surface area (Å²) in [7, 11) is 0. The largest absolute Gasteiger partial charge is 0.469 e. The normalized spacial score (nSPS) is 12.7. The summed E-state index contributed by atoms with van der Waals surface area (Å²) in [6.07, 6.45) is 1.53. The minimum atomic E-state index is -0.548. The van der Waals surface area contributed by atoms with Crippen LogP contribution >= 0.6 is 11.6 Å². The first kappa shape index (κ1) is 10.3. The molecule has 1 aromatic heterocycles. The van der Waals surface area contributed by atoms with Crippen LogP contribution in [0.1, 0.15) is 17.4 Å². The number of benzene rings is 1. The van der Waals surface area contributed by atoms with Gasteiger partial charge in [0.05, 0.1) is 12.4 Å². The van der Waals surface area contributed by atoms with Gasteiger partial charge in [0, 0.05) is 11.4 Å². The van der Waals surface area contributed by atoms with Crippen LogP contribution in [-0.2, 0) is 6.42 Å². The molecule has 0 saturated heterocycles. The zero-order chi connectivity index (χ0) is 10.7. The number of aliphatic hydroxyl groups excluding tert-OH is 1. The average molecular weight is 223 g/mol. The third-order valence-electron chi connectivity index (χ3n) is 2.23. The maximum absolute atomic E-state index is 9.88. The van der Waals surface area contributed by atoms with E-state index < -0.39 is 6.10 Å². The van der Waals surface area contributed by atoms with E-state index >= 15 is 0 Å². The quantitative estimate of drug-likeness (QED) is 0.865. The molecule has 1 atom stereocenters. The summed E-state index contributed by atoms with van der Waals surface area (Å²) in [6, 6.07) is 10.8. The van der Waals surface area contributed by atoms with Gasteiger partial charge in [0.2, 0.25) is 0 Å². The fourth-order valence-corrected chi connectivity index (χ4v) is 1.55. The minimum Gasteiger partial charge on any atom is -0.469 e. The van der Waals surface area contributed by atoms with Crippen LogP contribution in [0, 0.1) is 0 Å². The van der Waals surface area contributed by atoms with Gasteiger partial charge < -0.3 is 9.52 Å². The highest BCUT2D eigenvalue weighted by molar-refractivity contribution is 6.30. The Kier molecular flexibility index (Phi) is 3.09. The number of furan rings is 1. The molecule has 15 heavy (non-hydrogen) atoms. The van der Waals surface area contributed by atoms with Crippen molar-refractivity contribution in [3.63, 3.8) is 0 Å². The van der Waals surface area contributed by atoms with Gasteiger partial charge in [0.1, 0.15) is 5.76 Å². The van der Waals surface area contributed by atoms with Gasteiger partial charge in [-0.15, -0.1) is 0 Å². The molecule has 0 aliphatic rings. The van der Waals surface area contributed by atoms with Crippen molar-refractivity contribution >= 4 is 11.6 Å². The number of aliphatic hydroxyl groups is 1. The molecule has 2 aromatic rings. The van der Waals surface area contributed by atoms with E-state index in [0.717, 1.165) is 11.3 Å². The zero-order valence-corrected chi connectivity index (χ0v) is 8.82. The van der Waals surface area contributed by atoms with E-state index in [-0.39, 0.29) is 0 Å². The van der Waals surface area contributed by atoms with Crippen molar-refractivity contribution in [1.29, 1.82) is 0 Å². The standard InChI is InChI=1S/C12H11ClO2/c13-10-5-3-9(4-6-10)12(14)8-11-2-1-7-15-11/h1-7,12,14H,8H2. The third-order valence-corrected chi connectivity index (χ3v) is 2.48. The summed E-state index contributed by atoms with van der Waals surface area (Å²) in [5.74, 6) is 0.775. The average Bonchev–Trinajstić information content (AvgIpc) is 2.71. The Hall–Kier alpha value is -1.25. The van der Waals surface area contributed by atoms with Crippen LogP contribution in [0.4, 0.5) is 0 Å². The summed E-state index contributed by atoms with van der Waals surface area (Å²) < 4.78 is 5.16. The van der Waals surface area contributed by atoms with Crippen LogP contribution in [-0.4, -0.2) is 5.11 Å². The Balaban J connectivity index is 2.08. The molecule has 0 spiro atoms. The Bertz CT molecular complexity index is 406. The lowest BCUT2D eigenvalue weighted by Gasteiger charge is -2.08. The SMILES string of the molecule is OC(Cc1ccco1)c1ccc(Cl)cc1. The van der Waals surface area contributed by atoms with Crippen LogP contribution < -0.4 is 0 Å². The first-order valence-corrected chi connectivity index (χ1v) is 5.09. The molecule has 2 rings (SSSR count). The molecule has 0 saturated carbocycles.